The van der Waals surface area contributed by atoms with E-state index in [1.807, 2.05) is 30.4 Å². The fourth-order valence-corrected chi connectivity index (χ4v) is 7.14. The maximum Gasteiger partial charge on any atom is 0.472 e. The smallest absolute Gasteiger partial charge is 0.462 e. The topological polar surface area (TPSA) is 230 Å². The molecule has 0 aromatic carbocycles. The van der Waals surface area contributed by atoms with Gasteiger partial charge in [0.25, 0.3) is 0 Å². The summed E-state index contributed by atoms with van der Waals surface area (Å²) in [5.41, 5.74) is 0. The Balaban J connectivity index is 2.56. The van der Waals surface area contributed by atoms with E-state index >= 15 is 0 Å². The molecule has 0 amide bonds. The van der Waals surface area contributed by atoms with Crippen LogP contribution < -0.4 is 0 Å². The van der Waals surface area contributed by atoms with E-state index in [-0.39, 0.29) is 18.9 Å². The lowest BCUT2D eigenvalue weighted by atomic mass is 9.85. The van der Waals surface area contributed by atoms with Gasteiger partial charge in [-0.1, -0.05) is 117 Å². The number of carbonyl (C=O) groups excluding carboxylic acids is 2. The third kappa shape index (κ3) is 30.8. The Kier molecular flexibility index (Phi) is 34.8. The first-order chi connectivity index (χ1) is 30.8. The highest BCUT2D eigenvalue weighted by Crippen LogP contribution is 2.47. The third-order valence-corrected chi connectivity index (χ3v) is 10.9. The van der Waals surface area contributed by atoms with Gasteiger partial charge in [-0.15, -0.1) is 0 Å². The average Bonchev–Trinajstić information content (AvgIpc) is 3.26. The zero-order valence-electron chi connectivity index (χ0n) is 38.1. The minimum atomic E-state index is -5.16. The molecular formula is C49H79O14P. The number of unbranched alkanes of at least 4 members (excludes halogenated alkanes) is 6. The Hall–Kier alpha value is -3.27. The van der Waals surface area contributed by atoms with E-state index in [9.17, 15) is 49.7 Å². The summed E-state index contributed by atoms with van der Waals surface area (Å²) in [7, 11) is -5.16. The summed E-state index contributed by atoms with van der Waals surface area (Å²) in [6.45, 7) is 2.71. The van der Waals surface area contributed by atoms with Crippen LogP contribution in [0.4, 0.5) is 0 Å². The molecule has 0 aromatic heterocycles. The van der Waals surface area contributed by atoms with Gasteiger partial charge in [-0.25, -0.2) is 4.57 Å². The van der Waals surface area contributed by atoms with Crippen LogP contribution in [0.15, 0.2) is 97.2 Å². The molecule has 0 radical (unpaired) electrons. The standard InChI is InChI=1S/C49H79O14P/c1-3-4-5-6-7-8-9-10-11-12-15-18-21-24-27-30-33-36-42(51)60-38-41(39-61-64(58,59)63-49-47(56)45(54)44(53)46(55)48(49)57)62-43(52)37-34-31-28-25-22-19-16-13-14-17-20-23-26-29-32-35-40(2)50/h7-8,10-11,14-19,23-28,40-41,44-50,53-57H,3-6,9,12-13,20-22,29-39H2,1-2H3,(H,58,59)/b8-7-,11-10-,17-14-,18-15-,19-16-,26-23-,27-24-,28-25-/t40-,41+,44?,45-,46+,47+,48+,49?/m0/s1. The van der Waals surface area contributed by atoms with E-state index in [1.54, 1.807) is 6.92 Å². The monoisotopic (exact) mass is 923 g/mol. The van der Waals surface area contributed by atoms with Crippen LogP contribution in [-0.2, 0) is 32.7 Å². The molecule has 9 atom stereocenters. The van der Waals surface area contributed by atoms with Crippen LogP contribution in [0.3, 0.4) is 0 Å². The molecule has 7 N–H and O–H groups in total. The van der Waals surface area contributed by atoms with Crippen LogP contribution in [0.25, 0.3) is 0 Å². The first-order valence-electron chi connectivity index (χ1n) is 23.1. The number of ether oxygens (including phenoxy) is 2. The Morgan fingerprint density at radius 3 is 1.38 bits per heavy atom. The molecular weight excluding hydrogens is 843 g/mol. The number of hydrogen-bond acceptors (Lipinski definition) is 13. The zero-order chi connectivity index (χ0) is 47.3. The van der Waals surface area contributed by atoms with Crippen LogP contribution in [0.2, 0.25) is 0 Å². The van der Waals surface area contributed by atoms with E-state index in [0.717, 1.165) is 64.2 Å². The predicted octanol–water partition coefficient (Wildman–Crippen LogP) is 8.02. The van der Waals surface area contributed by atoms with Crippen molar-refractivity contribution in [3.05, 3.63) is 97.2 Å². The van der Waals surface area contributed by atoms with Gasteiger partial charge in [-0.05, 0) is 103 Å². The van der Waals surface area contributed by atoms with Crippen molar-refractivity contribution in [2.75, 3.05) is 13.2 Å². The summed E-state index contributed by atoms with van der Waals surface area (Å²) in [6, 6.07) is 0. The fourth-order valence-electron chi connectivity index (χ4n) is 6.17. The largest absolute Gasteiger partial charge is 0.472 e. The molecule has 0 aliphatic heterocycles. The fraction of sp³-hybridized carbons (Fsp3) is 0.633. The third-order valence-electron chi connectivity index (χ3n) is 9.92. The van der Waals surface area contributed by atoms with Crippen LogP contribution in [-0.4, -0.2) is 110 Å². The maximum atomic E-state index is 12.8. The van der Waals surface area contributed by atoms with Crippen molar-refractivity contribution >= 4 is 19.8 Å². The second-order valence-electron chi connectivity index (χ2n) is 15.8. The van der Waals surface area contributed by atoms with Crippen LogP contribution in [0.1, 0.15) is 136 Å². The van der Waals surface area contributed by atoms with Gasteiger partial charge >= 0.3 is 19.8 Å². The van der Waals surface area contributed by atoms with Crippen LogP contribution >= 0.6 is 7.82 Å². The van der Waals surface area contributed by atoms with E-state index in [1.165, 1.54) is 19.3 Å². The molecule has 15 heteroatoms. The molecule has 64 heavy (non-hydrogen) atoms. The highest BCUT2D eigenvalue weighted by atomic mass is 31.2. The van der Waals surface area contributed by atoms with Crippen molar-refractivity contribution in [2.45, 2.75) is 185 Å². The van der Waals surface area contributed by atoms with Crippen LogP contribution in [0, 0.1) is 0 Å². The maximum absolute atomic E-state index is 12.8. The summed E-state index contributed by atoms with van der Waals surface area (Å²) >= 11 is 0. The minimum absolute atomic E-state index is 0.00858. The summed E-state index contributed by atoms with van der Waals surface area (Å²) in [5.74, 6) is -1.26. The quantitative estimate of drug-likeness (QED) is 0.0137. The predicted molar refractivity (Wildman–Crippen MR) is 250 cm³/mol. The molecule has 1 saturated carbocycles. The molecule has 1 rings (SSSR count). The van der Waals surface area contributed by atoms with Gasteiger partial charge < -0.3 is 45.0 Å². The van der Waals surface area contributed by atoms with Crippen molar-refractivity contribution in [3.63, 3.8) is 0 Å². The number of phosphoric ester groups is 1. The van der Waals surface area contributed by atoms with Crippen molar-refractivity contribution in [1.29, 1.82) is 0 Å². The zero-order valence-corrected chi connectivity index (χ0v) is 39.0. The normalized spacial score (nSPS) is 23.0. The van der Waals surface area contributed by atoms with Gasteiger partial charge in [-0.2, -0.15) is 0 Å². The minimum Gasteiger partial charge on any atom is -0.462 e. The van der Waals surface area contributed by atoms with Gasteiger partial charge in [0.15, 0.2) is 6.10 Å². The van der Waals surface area contributed by atoms with E-state index in [2.05, 4.69) is 73.8 Å². The number of aliphatic hydroxyl groups is 6. The van der Waals surface area contributed by atoms with Gasteiger partial charge in [0.1, 0.15) is 43.2 Å². The number of esters is 2. The lowest BCUT2D eigenvalue weighted by Crippen LogP contribution is -2.64. The molecule has 1 aliphatic rings. The van der Waals surface area contributed by atoms with Crippen molar-refractivity contribution < 1.29 is 68.2 Å². The summed E-state index contributed by atoms with van der Waals surface area (Å²) < 4.78 is 33.4. The Morgan fingerprint density at radius 2 is 0.938 bits per heavy atom. The van der Waals surface area contributed by atoms with Crippen molar-refractivity contribution in [2.24, 2.45) is 0 Å². The van der Waals surface area contributed by atoms with Gasteiger partial charge in [0.05, 0.1) is 12.7 Å². The molecule has 0 saturated heterocycles. The highest BCUT2D eigenvalue weighted by molar-refractivity contribution is 7.47. The highest BCUT2D eigenvalue weighted by Gasteiger charge is 2.51. The van der Waals surface area contributed by atoms with Crippen LogP contribution in [0.5, 0.6) is 0 Å². The molecule has 0 heterocycles. The van der Waals surface area contributed by atoms with E-state index < -0.39 is 75.7 Å². The first-order valence-corrected chi connectivity index (χ1v) is 24.6. The summed E-state index contributed by atoms with van der Waals surface area (Å²) in [5, 5.41) is 59.4. The molecule has 0 spiro atoms. The molecule has 364 valence electrons. The van der Waals surface area contributed by atoms with Gasteiger partial charge in [0.2, 0.25) is 0 Å². The number of hydrogen-bond donors (Lipinski definition) is 7. The molecule has 0 aromatic rings. The molecule has 1 fully saturated rings. The van der Waals surface area contributed by atoms with Crippen molar-refractivity contribution in [1.82, 2.24) is 0 Å². The van der Waals surface area contributed by atoms with Gasteiger partial charge in [0, 0.05) is 12.8 Å². The van der Waals surface area contributed by atoms with Gasteiger partial charge in [-0.3, -0.25) is 18.6 Å². The number of carbonyl (C=O) groups is 2. The lowest BCUT2D eigenvalue weighted by molar-refractivity contribution is -0.220. The number of allylic oxidation sites excluding steroid dienone is 16. The second-order valence-corrected chi connectivity index (χ2v) is 17.2. The number of rotatable bonds is 36. The summed E-state index contributed by atoms with van der Waals surface area (Å²) in [6.07, 6.45) is 34.6. The lowest BCUT2D eigenvalue weighted by Gasteiger charge is -2.41. The Labute approximate surface area is 382 Å². The molecule has 3 unspecified atom stereocenters. The Morgan fingerprint density at radius 1 is 0.547 bits per heavy atom. The molecule has 0 bridgehead atoms. The number of aliphatic hydroxyl groups excluding tert-OH is 6. The van der Waals surface area contributed by atoms with E-state index in [0.29, 0.717) is 25.7 Å². The molecule has 14 nitrogen and oxygen atoms in total. The summed E-state index contributed by atoms with van der Waals surface area (Å²) in [4.78, 5) is 35.7. The average molecular weight is 923 g/mol. The second kappa shape index (κ2) is 37.9. The Bertz CT molecular complexity index is 1500. The SMILES string of the molecule is CCCCC/C=C\C/C=C\C/C=C\C/C=C\CCCC(=O)OC[C@H](COP(=O)(O)OC1[C@H](O)[C@H](O)C(O)[C@H](O)[C@H]1O)OC(=O)CCC/C=C\C/C=C\C/C=C\C/C=C\CCC[C@H](C)O. The van der Waals surface area contributed by atoms with Crippen molar-refractivity contribution in [3.8, 4) is 0 Å². The van der Waals surface area contributed by atoms with E-state index in [4.69, 9.17) is 18.5 Å². The number of phosphoric acid groups is 1. The molecule has 1 aliphatic carbocycles. The first kappa shape index (κ1) is 58.7.